The van der Waals surface area contributed by atoms with Crippen LogP contribution >= 0.6 is 0 Å². The first-order valence-corrected chi connectivity index (χ1v) is 8.59. The third-order valence-corrected chi connectivity index (χ3v) is 5.81. The van der Waals surface area contributed by atoms with Gasteiger partial charge >= 0.3 is 0 Å². The molecule has 120 valence electrons. The Morgan fingerprint density at radius 1 is 1.05 bits per heavy atom. The van der Waals surface area contributed by atoms with Crippen LogP contribution in [0.2, 0.25) is 0 Å². The summed E-state index contributed by atoms with van der Waals surface area (Å²) in [5.41, 5.74) is 1.18. The lowest BCUT2D eigenvalue weighted by Crippen LogP contribution is -2.51. The van der Waals surface area contributed by atoms with Gasteiger partial charge in [-0.1, -0.05) is 30.3 Å². The van der Waals surface area contributed by atoms with Gasteiger partial charge in [-0.15, -0.1) is 0 Å². The molecule has 3 rings (SSSR count). The first-order chi connectivity index (χ1) is 10.5. The molecule has 0 saturated carbocycles. The highest BCUT2D eigenvalue weighted by atomic mass is 16.2. The Hall–Kier alpha value is -1.35. The van der Waals surface area contributed by atoms with Gasteiger partial charge in [-0.3, -0.25) is 4.79 Å². The number of benzene rings is 1. The van der Waals surface area contributed by atoms with Crippen molar-refractivity contribution in [1.82, 2.24) is 10.2 Å². The number of nitrogens with zero attached hydrogens (tertiary/aromatic N) is 1. The lowest BCUT2D eigenvalue weighted by Gasteiger charge is -2.46. The van der Waals surface area contributed by atoms with Crippen molar-refractivity contribution >= 4 is 5.91 Å². The molecule has 0 unspecified atom stereocenters. The fourth-order valence-corrected chi connectivity index (χ4v) is 4.01. The number of hydrogen-bond acceptors (Lipinski definition) is 2. The molecule has 2 saturated heterocycles. The second kappa shape index (κ2) is 6.04. The fraction of sp³-hybridized carbons (Fsp3) is 0.632. The van der Waals surface area contributed by atoms with Crippen molar-refractivity contribution in [3.8, 4) is 0 Å². The van der Waals surface area contributed by atoms with E-state index in [0.717, 1.165) is 31.7 Å². The summed E-state index contributed by atoms with van der Waals surface area (Å²) in [5.74, 6) is 0.280. The van der Waals surface area contributed by atoms with Crippen LogP contribution < -0.4 is 5.32 Å². The summed E-state index contributed by atoms with van der Waals surface area (Å²) in [6, 6.07) is 10.2. The number of rotatable bonds is 2. The van der Waals surface area contributed by atoms with E-state index in [1.165, 1.54) is 25.7 Å². The largest absolute Gasteiger partial charge is 0.342 e. The van der Waals surface area contributed by atoms with Crippen molar-refractivity contribution in [3.63, 3.8) is 0 Å². The average molecular weight is 300 g/mol. The van der Waals surface area contributed by atoms with Gasteiger partial charge < -0.3 is 10.2 Å². The third-order valence-electron chi connectivity index (χ3n) is 5.81. The molecule has 0 aliphatic carbocycles. The maximum atomic E-state index is 13.0. The van der Waals surface area contributed by atoms with Crippen molar-refractivity contribution in [2.45, 2.75) is 44.9 Å². The van der Waals surface area contributed by atoms with Crippen LogP contribution in [0.5, 0.6) is 0 Å². The molecular formula is C19H28N2O. The van der Waals surface area contributed by atoms with E-state index >= 15 is 0 Å². The first-order valence-electron chi connectivity index (χ1n) is 8.59. The third kappa shape index (κ3) is 2.91. The zero-order valence-corrected chi connectivity index (χ0v) is 13.9. The second-order valence-electron chi connectivity index (χ2n) is 7.53. The Bertz CT molecular complexity index is 507. The van der Waals surface area contributed by atoms with Crippen molar-refractivity contribution < 1.29 is 4.79 Å². The Kier molecular flexibility index (Phi) is 4.26. The van der Waals surface area contributed by atoms with Crippen molar-refractivity contribution in [1.29, 1.82) is 0 Å². The minimum absolute atomic E-state index is 0.280. The zero-order valence-electron chi connectivity index (χ0n) is 13.9. The molecule has 2 aliphatic heterocycles. The minimum Gasteiger partial charge on any atom is -0.342 e. The van der Waals surface area contributed by atoms with Crippen LogP contribution in [-0.4, -0.2) is 37.0 Å². The lowest BCUT2D eigenvalue weighted by molar-refractivity contribution is -0.139. The topological polar surface area (TPSA) is 32.3 Å². The van der Waals surface area contributed by atoms with Crippen LogP contribution in [0.15, 0.2) is 30.3 Å². The Morgan fingerprint density at radius 3 is 2.23 bits per heavy atom. The van der Waals surface area contributed by atoms with E-state index in [2.05, 4.69) is 36.2 Å². The summed E-state index contributed by atoms with van der Waals surface area (Å²) in [7, 11) is 0. The predicted octanol–water partition coefficient (Wildman–Crippen LogP) is 2.96. The molecule has 1 aromatic rings. The molecule has 0 atom stereocenters. The van der Waals surface area contributed by atoms with Crippen LogP contribution in [-0.2, 0) is 10.2 Å². The SMILES string of the molecule is CC(C)(C(=O)N1CCC2(CCNCC2)CC1)c1ccccc1. The molecule has 1 spiro atoms. The van der Waals surface area contributed by atoms with Gasteiger partial charge in [-0.05, 0) is 63.6 Å². The van der Waals surface area contributed by atoms with Crippen LogP contribution in [0.25, 0.3) is 0 Å². The van der Waals surface area contributed by atoms with Gasteiger partial charge in [0.2, 0.25) is 5.91 Å². The summed E-state index contributed by atoms with van der Waals surface area (Å²) >= 11 is 0. The molecular weight excluding hydrogens is 272 g/mol. The summed E-state index contributed by atoms with van der Waals surface area (Å²) in [6.45, 7) is 8.25. The number of carbonyl (C=O) groups is 1. The second-order valence-corrected chi connectivity index (χ2v) is 7.53. The molecule has 0 radical (unpaired) electrons. The summed E-state index contributed by atoms with van der Waals surface area (Å²) in [5, 5.41) is 3.46. The van der Waals surface area contributed by atoms with E-state index in [9.17, 15) is 4.79 Å². The molecule has 0 aromatic heterocycles. The van der Waals surface area contributed by atoms with Crippen LogP contribution in [0.4, 0.5) is 0 Å². The standard InChI is InChI=1S/C19H28N2O/c1-18(2,16-6-4-3-5-7-16)17(22)21-14-10-19(11-15-21)8-12-20-13-9-19/h3-7,20H,8-15H2,1-2H3. The molecule has 2 heterocycles. The quantitative estimate of drug-likeness (QED) is 0.911. The molecule has 3 nitrogen and oxygen atoms in total. The fourth-order valence-electron chi connectivity index (χ4n) is 4.01. The number of amides is 1. The van der Waals surface area contributed by atoms with Crippen LogP contribution in [0.3, 0.4) is 0 Å². The molecule has 1 N–H and O–H groups in total. The molecule has 1 aromatic carbocycles. The summed E-state index contributed by atoms with van der Waals surface area (Å²) in [4.78, 5) is 15.1. The molecule has 2 fully saturated rings. The molecule has 3 heteroatoms. The van der Waals surface area contributed by atoms with Crippen LogP contribution in [0.1, 0.15) is 45.1 Å². The van der Waals surface area contributed by atoms with Gasteiger partial charge in [-0.25, -0.2) is 0 Å². The maximum Gasteiger partial charge on any atom is 0.232 e. The van der Waals surface area contributed by atoms with E-state index < -0.39 is 5.41 Å². The number of nitrogens with one attached hydrogen (secondary N) is 1. The number of hydrogen-bond donors (Lipinski definition) is 1. The highest BCUT2D eigenvalue weighted by Gasteiger charge is 2.40. The number of carbonyl (C=O) groups excluding carboxylic acids is 1. The first kappa shape index (κ1) is 15.5. The Labute approximate surface area is 134 Å². The van der Waals surface area contributed by atoms with Gasteiger partial charge in [-0.2, -0.15) is 0 Å². The highest BCUT2D eigenvalue weighted by Crippen LogP contribution is 2.40. The van der Waals surface area contributed by atoms with E-state index in [-0.39, 0.29) is 5.91 Å². The number of likely N-dealkylation sites (tertiary alicyclic amines) is 1. The van der Waals surface area contributed by atoms with Gasteiger partial charge in [0.15, 0.2) is 0 Å². The molecule has 22 heavy (non-hydrogen) atoms. The minimum atomic E-state index is -0.431. The van der Waals surface area contributed by atoms with Gasteiger partial charge in [0.25, 0.3) is 0 Å². The van der Waals surface area contributed by atoms with E-state index in [0.29, 0.717) is 5.41 Å². The van der Waals surface area contributed by atoms with Crippen molar-refractivity contribution in [2.24, 2.45) is 5.41 Å². The molecule has 2 aliphatic rings. The van der Waals surface area contributed by atoms with E-state index in [1.54, 1.807) is 0 Å². The Balaban J connectivity index is 1.67. The maximum absolute atomic E-state index is 13.0. The highest BCUT2D eigenvalue weighted by molar-refractivity contribution is 5.87. The normalized spacial score (nSPS) is 21.8. The molecule has 0 bridgehead atoms. The lowest BCUT2D eigenvalue weighted by atomic mass is 9.71. The number of piperidine rings is 2. The van der Waals surface area contributed by atoms with E-state index in [1.807, 2.05) is 18.2 Å². The van der Waals surface area contributed by atoms with Crippen molar-refractivity contribution in [2.75, 3.05) is 26.2 Å². The van der Waals surface area contributed by atoms with E-state index in [4.69, 9.17) is 0 Å². The molecule has 1 amide bonds. The summed E-state index contributed by atoms with van der Waals surface area (Å²) in [6.07, 6.45) is 4.89. The van der Waals surface area contributed by atoms with Gasteiger partial charge in [0, 0.05) is 13.1 Å². The van der Waals surface area contributed by atoms with Gasteiger partial charge in [0.1, 0.15) is 0 Å². The van der Waals surface area contributed by atoms with Crippen molar-refractivity contribution in [3.05, 3.63) is 35.9 Å². The zero-order chi connectivity index (χ0) is 15.6. The predicted molar refractivity (Wildman–Crippen MR) is 89.8 cm³/mol. The average Bonchev–Trinajstić information content (AvgIpc) is 2.56. The smallest absolute Gasteiger partial charge is 0.232 e. The monoisotopic (exact) mass is 300 g/mol. The summed E-state index contributed by atoms with van der Waals surface area (Å²) < 4.78 is 0. The Morgan fingerprint density at radius 2 is 1.64 bits per heavy atom. The van der Waals surface area contributed by atoms with Gasteiger partial charge in [0.05, 0.1) is 5.41 Å². The van der Waals surface area contributed by atoms with Crippen LogP contribution in [0, 0.1) is 5.41 Å².